The van der Waals surface area contributed by atoms with Crippen molar-refractivity contribution in [3.63, 3.8) is 0 Å². The minimum atomic E-state index is 0. The van der Waals surface area contributed by atoms with Crippen LogP contribution in [0.1, 0.15) is 24.0 Å². The third kappa shape index (κ3) is 6.32. The first-order valence-corrected chi connectivity index (χ1v) is 10.5. The zero-order chi connectivity index (χ0) is 19.9. The smallest absolute Gasteiger partial charge is 0.193 e. The predicted molar refractivity (Wildman–Crippen MR) is 129 cm³/mol. The summed E-state index contributed by atoms with van der Waals surface area (Å²) in [7, 11) is 7.21. The molecular weight excluding hydrogens is 489 g/mol. The minimum absolute atomic E-state index is 0. The van der Waals surface area contributed by atoms with Gasteiger partial charge >= 0.3 is 0 Å². The van der Waals surface area contributed by atoms with Crippen LogP contribution in [0.2, 0.25) is 0 Å². The van der Waals surface area contributed by atoms with Crippen molar-refractivity contribution in [2.75, 3.05) is 54.3 Å². The van der Waals surface area contributed by atoms with Gasteiger partial charge in [0.2, 0.25) is 0 Å². The number of hydrogen-bond acceptors (Lipinski definition) is 5. The topological polar surface area (TPSA) is 55.3 Å². The molecule has 1 heterocycles. The Labute approximate surface area is 190 Å². The highest BCUT2D eigenvalue weighted by Crippen LogP contribution is 2.33. The molecule has 2 rings (SSSR count). The lowest BCUT2D eigenvalue weighted by molar-refractivity contribution is 0.0781. The number of benzene rings is 1. The highest BCUT2D eigenvalue weighted by molar-refractivity contribution is 14.0. The van der Waals surface area contributed by atoms with Gasteiger partial charge in [0.1, 0.15) is 0 Å². The maximum atomic E-state index is 5.54. The number of thioether (sulfide) groups is 1. The fraction of sp³-hybridized carbons (Fsp3) is 0.650. The summed E-state index contributed by atoms with van der Waals surface area (Å²) in [6.07, 6.45) is 4.32. The van der Waals surface area contributed by atoms with Crippen LogP contribution >= 0.6 is 35.7 Å². The Kier molecular flexibility index (Phi) is 10.8. The summed E-state index contributed by atoms with van der Waals surface area (Å²) >= 11 is 1.93. The Morgan fingerprint density at radius 1 is 1.25 bits per heavy atom. The van der Waals surface area contributed by atoms with Gasteiger partial charge in [-0.3, -0.25) is 4.99 Å². The molecule has 0 radical (unpaired) electrons. The normalized spacial score (nSPS) is 16.1. The molecule has 1 aromatic carbocycles. The van der Waals surface area contributed by atoms with Crippen LogP contribution in [-0.4, -0.2) is 69.9 Å². The highest BCUT2D eigenvalue weighted by atomic mass is 127. The first-order valence-electron chi connectivity index (χ1n) is 9.24. The molecule has 1 aromatic rings. The summed E-state index contributed by atoms with van der Waals surface area (Å²) in [6.45, 7) is 5.39. The number of rotatable bonds is 7. The van der Waals surface area contributed by atoms with Gasteiger partial charge in [-0.1, -0.05) is 0 Å². The Morgan fingerprint density at radius 2 is 1.86 bits per heavy atom. The van der Waals surface area contributed by atoms with Crippen LogP contribution in [-0.2, 0) is 11.3 Å². The standard InChI is InChI=1S/C20H33N3O3S.HI/c1-15-11-17(24-4)18(25-5)12-16(15)13-23(3)19(21-2)22-14-20(27-6)7-9-26-10-8-20;/h11-12H,7-10,13-14H2,1-6H3,(H,21,22);1H. The molecule has 0 atom stereocenters. The number of nitrogens with zero attached hydrogens (tertiary/aromatic N) is 2. The first kappa shape index (κ1) is 25.2. The molecule has 0 unspecified atom stereocenters. The van der Waals surface area contributed by atoms with Crippen molar-refractivity contribution in [2.45, 2.75) is 31.1 Å². The van der Waals surface area contributed by atoms with E-state index in [1.807, 2.05) is 30.9 Å². The molecule has 160 valence electrons. The van der Waals surface area contributed by atoms with Gasteiger partial charge in [0, 0.05) is 45.1 Å². The van der Waals surface area contributed by atoms with Crippen LogP contribution < -0.4 is 14.8 Å². The van der Waals surface area contributed by atoms with Crippen LogP contribution in [0.3, 0.4) is 0 Å². The van der Waals surface area contributed by atoms with E-state index in [0.29, 0.717) is 0 Å². The third-order valence-electron chi connectivity index (χ3n) is 5.23. The molecular formula is C20H34IN3O3S. The molecule has 0 bridgehead atoms. The van der Waals surface area contributed by atoms with Gasteiger partial charge in [0.25, 0.3) is 0 Å². The number of aryl methyl sites for hydroxylation is 1. The lowest BCUT2D eigenvalue weighted by Gasteiger charge is -2.37. The van der Waals surface area contributed by atoms with Crippen LogP contribution in [0.25, 0.3) is 0 Å². The van der Waals surface area contributed by atoms with Crippen molar-refractivity contribution < 1.29 is 14.2 Å². The summed E-state index contributed by atoms with van der Waals surface area (Å²) in [4.78, 5) is 6.62. The summed E-state index contributed by atoms with van der Waals surface area (Å²) in [5, 5.41) is 3.57. The second-order valence-corrected chi connectivity index (χ2v) is 8.16. The minimum Gasteiger partial charge on any atom is -0.493 e. The van der Waals surface area contributed by atoms with Crippen LogP contribution in [0.5, 0.6) is 11.5 Å². The molecule has 0 saturated carbocycles. The summed E-state index contributed by atoms with van der Waals surface area (Å²) < 4.78 is 16.6. The Morgan fingerprint density at radius 3 is 2.39 bits per heavy atom. The molecule has 1 aliphatic rings. The Bertz CT molecular complexity index is 652. The number of guanidine groups is 1. The number of hydrogen-bond donors (Lipinski definition) is 1. The zero-order valence-electron chi connectivity index (χ0n) is 17.8. The number of nitrogens with one attached hydrogen (secondary N) is 1. The van der Waals surface area contributed by atoms with E-state index >= 15 is 0 Å². The molecule has 28 heavy (non-hydrogen) atoms. The van der Waals surface area contributed by atoms with E-state index in [0.717, 1.165) is 56.6 Å². The van der Waals surface area contributed by atoms with E-state index in [9.17, 15) is 0 Å². The molecule has 1 aliphatic heterocycles. The quantitative estimate of drug-likeness (QED) is 0.335. The molecule has 0 aliphatic carbocycles. The molecule has 1 fully saturated rings. The lowest BCUT2D eigenvalue weighted by Crippen LogP contribution is -2.48. The Hall–Kier alpha value is -0.870. The van der Waals surface area contributed by atoms with Gasteiger partial charge in [-0.2, -0.15) is 11.8 Å². The van der Waals surface area contributed by atoms with E-state index < -0.39 is 0 Å². The molecule has 8 heteroatoms. The molecule has 1 saturated heterocycles. The number of methoxy groups -OCH3 is 2. The molecule has 0 spiro atoms. The summed E-state index contributed by atoms with van der Waals surface area (Å²) in [5.41, 5.74) is 2.35. The maximum absolute atomic E-state index is 5.54. The van der Waals surface area contributed by atoms with Crippen molar-refractivity contribution in [1.29, 1.82) is 0 Å². The molecule has 0 aromatic heterocycles. The lowest BCUT2D eigenvalue weighted by atomic mass is 9.99. The number of aliphatic imine (C=N–C) groups is 1. The second-order valence-electron chi connectivity index (χ2n) is 6.89. The Balaban J connectivity index is 0.00000392. The fourth-order valence-corrected chi connectivity index (χ4v) is 4.14. The zero-order valence-corrected chi connectivity index (χ0v) is 21.0. The predicted octanol–water partition coefficient (Wildman–Crippen LogP) is 3.55. The first-order chi connectivity index (χ1) is 13.0. The van der Waals surface area contributed by atoms with E-state index in [1.165, 1.54) is 11.1 Å². The van der Waals surface area contributed by atoms with Crippen LogP contribution in [0.4, 0.5) is 0 Å². The van der Waals surface area contributed by atoms with Crippen LogP contribution in [0.15, 0.2) is 17.1 Å². The second kappa shape index (κ2) is 12.0. The van der Waals surface area contributed by atoms with Crippen molar-refractivity contribution in [3.8, 4) is 11.5 Å². The van der Waals surface area contributed by atoms with Gasteiger partial charge in [-0.25, -0.2) is 0 Å². The SMILES string of the molecule is CN=C(NCC1(SC)CCOCC1)N(C)Cc1cc(OC)c(OC)cc1C.I. The van der Waals surface area contributed by atoms with Crippen molar-refractivity contribution in [1.82, 2.24) is 10.2 Å². The number of ether oxygens (including phenoxy) is 3. The van der Waals surface area contributed by atoms with E-state index in [4.69, 9.17) is 14.2 Å². The van der Waals surface area contributed by atoms with Gasteiger partial charge < -0.3 is 24.4 Å². The highest BCUT2D eigenvalue weighted by Gasteiger charge is 2.32. The summed E-state index contributed by atoms with van der Waals surface area (Å²) in [6, 6.07) is 4.06. The number of halogens is 1. The largest absolute Gasteiger partial charge is 0.493 e. The van der Waals surface area contributed by atoms with Gasteiger partial charge in [0.05, 0.1) is 14.2 Å². The van der Waals surface area contributed by atoms with Gasteiger partial charge in [0.15, 0.2) is 17.5 Å². The molecule has 6 nitrogen and oxygen atoms in total. The third-order valence-corrected chi connectivity index (χ3v) is 6.65. The fourth-order valence-electron chi connectivity index (χ4n) is 3.34. The monoisotopic (exact) mass is 523 g/mol. The maximum Gasteiger partial charge on any atom is 0.193 e. The van der Waals surface area contributed by atoms with Crippen molar-refractivity contribution >= 4 is 41.7 Å². The van der Waals surface area contributed by atoms with Gasteiger partial charge in [-0.05, 0) is 49.3 Å². The van der Waals surface area contributed by atoms with E-state index in [-0.39, 0.29) is 28.7 Å². The van der Waals surface area contributed by atoms with Gasteiger partial charge in [-0.15, -0.1) is 24.0 Å². The van der Waals surface area contributed by atoms with Crippen molar-refractivity contribution in [2.24, 2.45) is 4.99 Å². The van der Waals surface area contributed by atoms with E-state index in [1.54, 1.807) is 14.2 Å². The molecule has 1 N–H and O–H groups in total. The van der Waals surface area contributed by atoms with Crippen LogP contribution in [0, 0.1) is 6.92 Å². The van der Waals surface area contributed by atoms with E-state index in [2.05, 4.69) is 35.4 Å². The average molecular weight is 523 g/mol. The van der Waals surface area contributed by atoms with Crippen molar-refractivity contribution in [3.05, 3.63) is 23.3 Å². The molecule has 0 amide bonds. The summed E-state index contributed by atoms with van der Waals surface area (Å²) in [5.74, 6) is 2.40. The average Bonchev–Trinajstić information content (AvgIpc) is 2.70.